The molecule has 0 aliphatic carbocycles. The summed E-state index contributed by atoms with van der Waals surface area (Å²) in [7, 11) is 6.34. The van der Waals surface area contributed by atoms with Crippen LogP contribution in [0.3, 0.4) is 0 Å². The van der Waals surface area contributed by atoms with Gasteiger partial charge >= 0.3 is 0 Å². The highest BCUT2D eigenvalue weighted by molar-refractivity contribution is 5.98. The minimum Gasteiger partial charge on any atom is -0.493 e. The summed E-state index contributed by atoms with van der Waals surface area (Å²) in [6.45, 7) is 0.524. The molecule has 218 valence electrons. The van der Waals surface area contributed by atoms with Crippen LogP contribution < -0.4 is 33.7 Å². The molecule has 5 aromatic rings. The third-order valence-electron chi connectivity index (χ3n) is 7.13. The number of aromatic nitrogens is 2. The van der Waals surface area contributed by atoms with Crippen LogP contribution in [0, 0.1) is 0 Å². The molecule has 0 spiro atoms. The van der Waals surface area contributed by atoms with E-state index in [0.29, 0.717) is 69.0 Å². The molecular formula is C33H29N3O7. The van der Waals surface area contributed by atoms with Crippen LogP contribution in [0.15, 0.2) is 72.8 Å². The van der Waals surface area contributed by atoms with E-state index in [1.807, 2.05) is 54.6 Å². The summed E-state index contributed by atoms with van der Waals surface area (Å²) in [5, 5.41) is 2.97. The van der Waals surface area contributed by atoms with Crippen molar-refractivity contribution in [1.82, 2.24) is 15.3 Å². The van der Waals surface area contributed by atoms with E-state index in [9.17, 15) is 4.79 Å². The maximum Gasteiger partial charge on any atom is 0.251 e. The normalized spacial score (nSPS) is 11.7. The van der Waals surface area contributed by atoms with Gasteiger partial charge in [-0.1, -0.05) is 6.07 Å². The van der Waals surface area contributed by atoms with Crippen molar-refractivity contribution >= 4 is 16.9 Å². The molecule has 6 rings (SSSR count). The van der Waals surface area contributed by atoms with E-state index in [-0.39, 0.29) is 12.7 Å². The Bertz CT molecular complexity index is 1840. The predicted molar refractivity (Wildman–Crippen MR) is 160 cm³/mol. The maximum absolute atomic E-state index is 13.2. The molecule has 10 heteroatoms. The number of nitrogens with one attached hydrogen (secondary N) is 1. The number of methoxy groups -OCH3 is 4. The second kappa shape index (κ2) is 11.8. The molecule has 0 fully saturated rings. The monoisotopic (exact) mass is 579 g/mol. The molecule has 43 heavy (non-hydrogen) atoms. The van der Waals surface area contributed by atoms with Gasteiger partial charge in [0.25, 0.3) is 5.91 Å². The van der Waals surface area contributed by atoms with Gasteiger partial charge in [-0.15, -0.1) is 0 Å². The minimum atomic E-state index is -0.238. The first kappa shape index (κ1) is 27.6. The number of hydrogen-bond donors (Lipinski definition) is 1. The Morgan fingerprint density at radius 3 is 1.91 bits per heavy atom. The summed E-state index contributed by atoms with van der Waals surface area (Å²) < 4.78 is 32.8. The Morgan fingerprint density at radius 1 is 0.674 bits per heavy atom. The second-order valence-electron chi connectivity index (χ2n) is 9.63. The van der Waals surface area contributed by atoms with Crippen LogP contribution in [0.5, 0.6) is 34.5 Å². The van der Waals surface area contributed by atoms with Crippen molar-refractivity contribution in [3.8, 4) is 57.0 Å². The minimum absolute atomic E-state index is 0.197. The molecule has 10 nitrogen and oxygen atoms in total. The van der Waals surface area contributed by atoms with Crippen LogP contribution in [0.25, 0.3) is 33.5 Å². The molecule has 1 amide bonds. The average molecular weight is 580 g/mol. The van der Waals surface area contributed by atoms with E-state index < -0.39 is 0 Å². The molecular weight excluding hydrogens is 550 g/mol. The first-order chi connectivity index (χ1) is 21.0. The summed E-state index contributed by atoms with van der Waals surface area (Å²) in [5.41, 5.74) is 5.30. The standard InChI is InChI=1S/C33H29N3O7/c1-38-25-11-7-20(15-28(25)40-3)31-32(21-8-12-26(39-2)29(16-21)41-4)36-24-14-22(6-9-23(24)35-31)33(37)34-17-19-5-10-27-30(13-19)43-18-42-27/h5-16H,17-18H2,1-4H3,(H,34,37). The first-order valence-corrected chi connectivity index (χ1v) is 13.4. The van der Waals surface area contributed by atoms with Gasteiger partial charge in [0.15, 0.2) is 34.5 Å². The van der Waals surface area contributed by atoms with E-state index in [1.165, 1.54) is 0 Å². The third-order valence-corrected chi connectivity index (χ3v) is 7.13. The van der Waals surface area contributed by atoms with E-state index in [2.05, 4.69) is 5.32 Å². The number of benzene rings is 4. The Morgan fingerprint density at radius 2 is 1.28 bits per heavy atom. The topological polar surface area (TPSA) is 110 Å². The molecule has 1 aliphatic rings. The highest BCUT2D eigenvalue weighted by atomic mass is 16.7. The Kier molecular flexibility index (Phi) is 7.57. The fourth-order valence-corrected chi connectivity index (χ4v) is 4.90. The van der Waals surface area contributed by atoms with Crippen LogP contribution in [0.4, 0.5) is 0 Å². The molecule has 0 radical (unpaired) electrons. The molecule has 1 aliphatic heterocycles. The lowest BCUT2D eigenvalue weighted by atomic mass is 10.0. The van der Waals surface area contributed by atoms with Crippen molar-refractivity contribution in [2.75, 3.05) is 35.2 Å². The highest BCUT2D eigenvalue weighted by Crippen LogP contribution is 2.39. The van der Waals surface area contributed by atoms with Gasteiger partial charge in [0.05, 0.1) is 50.9 Å². The number of carbonyl (C=O) groups excluding carboxylic acids is 1. The molecule has 0 saturated carbocycles. The van der Waals surface area contributed by atoms with Gasteiger partial charge in [0, 0.05) is 23.2 Å². The van der Waals surface area contributed by atoms with Gasteiger partial charge in [0.1, 0.15) is 0 Å². The van der Waals surface area contributed by atoms with Gasteiger partial charge in [0.2, 0.25) is 6.79 Å². The van der Waals surface area contributed by atoms with Crippen molar-refractivity contribution in [2.24, 2.45) is 0 Å². The summed E-state index contributed by atoms with van der Waals surface area (Å²) in [5.74, 6) is 3.43. The van der Waals surface area contributed by atoms with E-state index in [0.717, 1.165) is 16.7 Å². The number of hydrogen-bond acceptors (Lipinski definition) is 9. The zero-order valence-corrected chi connectivity index (χ0v) is 24.1. The lowest BCUT2D eigenvalue weighted by Gasteiger charge is -2.15. The van der Waals surface area contributed by atoms with Crippen molar-refractivity contribution in [1.29, 1.82) is 0 Å². The Labute approximate surface area is 248 Å². The summed E-state index contributed by atoms with van der Waals surface area (Å²) in [4.78, 5) is 23.2. The lowest BCUT2D eigenvalue weighted by molar-refractivity contribution is 0.0951. The van der Waals surface area contributed by atoms with E-state index in [4.69, 9.17) is 38.4 Å². The molecule has 0 saturated heterocycles. The molecule has 0 atom stereocenters. The van der Waals surface area contributed by atoms with Gasteiger partial charge < -0.3 is 33.7 Å². The lowest BCUT2D eigenvalue weighted by Crippen LogP contribution is -2.22. The molecule has 2 heterocycles. The maximum atomic E-state index is 13.2. The number of ether oxygens (including phenoxy) is 6. The summed E-state index contributed by atoms with van der Waals surface area (Å²) in [6, 6.07) is 22.0. The molecule has 0 bridgehead atoms. The van der Waals surface area contributed by atoms with Crippen LogP contribution >= 0.6 is 0 Å². The van der Waals surface area contributed by atoms with Gasteiger partial charge in [-0.25, -0.2) is 9.97 Å². The number of carbonyl (C=O) groups is 1. The third kappa shape index (κ3) is 5.42. The van der Waals surface area contributed by atoms with Crippen LogP contribution in [0.2, 0.25) is 0 Å². The largest absolute Gasteiger partial charge is 0.493 e. The highest BCUT2D eigenvalue weighted by Gasteiger charge is 2.19. The fraction of sp³-hybridized carbons (Fsp3) is 0.182. The van der Waals surface area contributed by atoms with Crippen LogP contribution in [-0.2, 0) is 6.54 Å². The predicted octanol–water partition coefficient (Wildman–Crippen LogP) is 5.66. The van der Waals surface area contributed by atoms with Gasteiger partial charge in [-0.2, -0.15) is 0 Å². The molecule has 1 N–H and O–H groups in total. The number of rotatable bonds is 9. The van der Waals surface area contributed by atoms with E-state index in [1.54, 1.807) is 46.6 Å². The number of amides is 1. The van der Waals surface area contributed by atoms with Crippen molar-refractivity contribution in [3.63, 3.8) is 0 Å². The zero-order valence-electron chi connectivity index (χ0n) is 24.1. The molecule has 1 aromatic heterocycles. The van der Waals surface area contributed by atoms with Crippen molar-refractivity contribution in [3.05, 3.63) is 83.9 Å². The van der Waals surface area contributed by atoms with Crippen LogP contribution in [0.1, 0.15) is 15.9 Å². The first-order valence-electron chi connectivity index (χ1n) is 13.4. The Hall–Kier alpha value is -5.51. The van der Waals surface area contributed by atoms with Crippen molar-refractivity contribution in [2.45, 2.75) is 6.54 Å². The quantitative estimate of drug-likeness (QED) is 0.237. The number of fused-ring (bicyclic) bond motifs is 2. The SMILES string of the molecule is COc1ccc(-c2nc3ccc(C(=O)NCc4ccc5c(c4)OCO5)cc3nc2-c2ccc(OC)c(OC)c2)cc1OC. The smallest absolute Gasteiger partial charge is 0.251 e. The second-order valence-corrected chi connectivity index (χ2v) is 9.63. The fourth-order valence-electron chi connectivity index (χ4n) is 4.90. The molecule has 0 unspecified atom stereocenters. The molecule has 4 aromatic carbocycles. The zero-order chi connectivity index (χ0) is 29.9. The average Bonchev–Trinajstić information content (AvgIpc) is 3.53. The van der Waals surface area contributed by atoms with Crippen LogP contribution in [-0.4, -0.2) is 51.1 Å². The summed E-state index contributed by atoms with van der Waals surface area (Å²) in [6.07, 6.45) is 0. The van der Waals surface area contributed by atoms with Gasteiger partial charge in [-0.3, -0.25) is 4.79 Å². The summed E-state index contributed by atoms with van der Waals surface area (Å²) >= 11 is 0. The van der Waals surface area contributed by atoms with E-state index >= 15 is 0 Å². The van der Waals surface area contributed by atoms with Gasteiger partial charge in [-0.05, 0) is 72.3 Å². The Balaban J connectivity index is 1.39. The number of nitrogens with zero attached hydrogens (tertiary/aromatic N) is 2. The van der Waals surface area contributed by atoms with Crippen molar-refractivity contribution < 1.29 is 33.2 Å².